The predicted molar refractivity (Wildman–Crippen MR) is 82.9 cm³/mol. The molecule has 2 aromatic rings. The molecule has 0 atom stereocenters. The van der Waals surface area contributed by atoms with Gasteiger partial charge in [-0.25, -0.2) is 0 Å². The molecule has 3 N–H and O–H groups in total. The van der Waals surface area contributed by atoms with Crippen molar-refractivity contribution in [2.24, 2.45) is 0 Å². The highest BCUT2D eigenvalue weighted by Crippen LogP contribution is 2.15. The second-order valence-electron chi connectivity index (χ2n) is 4.69. The molecule has 1 aromatic heterocycles. The first-order valence-corrected chi connectivity index (χ1v) is 6.97. The second kappa shape index (κ2) is 7.42. The Morgan fingerprint density at radius 3 is 2.82 bits per heavy atom. The minimum Gasteiger partial charge on any atom is -0.478 e. The lowest BCUT2D eigenvalue weighted by Crippen LogP contribution is -2.22. The number of rotatable bonds is 6. The molecule has 1 heterocycles. The second-order valence-corrected chi connectivity index (χ2v) is 4.69. The molecular weight excluding hydrogens is 284 g/mol. The van der Waals surface area contributed by atoms with Gasteiger partial charge in [0.2, 0.25) is 5.43 Å². The standard InChI is InChI=1S/C16H18N2O4/c1-2-11-5-3-4-6-13(11)18-16(21)10-22-15-8-17-12(9-19)7-14(15)20/h3-8,19H,2,9-10H2,1H3,(H,17,20)(H,18,21). The summed E-state index contributed by atoms with van der Waals surface area (Å²) >= 11 is 0. The molecule has 0 aliphatic rings. The Bertz CT molecular complexity index is 709. The number of para-hydroxylation sites is 1. The SMILES string of the molecule is CCc1ccccc1NC(=O)COc1c[nH]c(CO)cc1=O. The number of benzene rings is 1. The van der Waals surface area contributed by atoms with Gasteiger partial charge in [0.1, 0.15) is 0 Å². The van der Waals surface area contributed by atoms with Gasteiger partial charge >= 0.3 is 0 Å². The molecule has 0 unspecified atom stereocenters. The number of aryl methyl sites for hydroxylation is 1. The molecule has 0 saturated heterocycles. The topological polar surface area (TPSA) is 91.4 Å². The lowest BCUT2D eigenvalue weighted by Gasteiger charge is -2.10. The van der Waals surface area contributed by atoms with Gasteiger partial charge in [0.05, 0.1) is 6.61 Å². The molecule has 6 nitrogen and oxygen atoms in total. The van der Waals surface area contributed by atoms with Crippen LogP contribution in [0, 0.1) is 0 Å². The highest BCUT2D eigenvalue weighted by Gasteiger charge is 2.08. The Morgan fingerprint density at radius 2 is 2.14 bits per heavy atom. The van der Waals surface area contributed by atoms with Gasteiger partial charge in [0.15, 0.2) is 12.4 Å². The minimum absolute atomic E-state index is 0.0381. The van der Waals surface area contributed by atoms with Crippen LogP contribution >= 0.6 is 0 Å². The predicted octanol–water partition coefficient (Wildman–Crippen LogP) is 1.45. The maximum absolute atomic E-state index is 11.9. The first-order chi connectivity index (χ1) is 10.6. The largest absolute Gasteiger partial charge is 0.478 e. The third-order valence-corrected chi connectivity index (χ3v) is 3.14. The number of nitrogens with one attached hydrogen (secondary N) is 2. The van der Waals surface area contributed by atoms with Crippen LogP contribution in [-0.4, -0.2) is 22.6 Å². The summed E-state index contributed by atoms with van der Waals surface area (Å²) in [5.41, 5.74) is 1.77. The van der Waals surface area contributed by atoms with E-state index in [0.29, 0.717) is 5.69 Å². The van der Waals surface area contributed by atoms with E-state index in [0.717, 1.165) is 17.7 Å². The average molecular weight is 302 g/mol. The molecule has 6 heteroatoms. The number of H-pyrrole nitrogens is 1. The molecule has 0 spiro atoms. The van der Waals surface area contributed by atoms with E-state index in [1.807, 2.05) is 31.2 Å². The Kier molecular flexibility index (Phi) is 5.32. The van der Waals surface area contributed by atoms with E-state index in [1.54, 1.807) is 0 Å². The molecule has 0 aliphatic carbocycles. The lowest BCUT2D eigenvalue weighted by molar-refractivity contribution is -0.118. The van der Waals surface area contributed by atoms with Crippen LogP contribution in [0.25, 0.3) is 0 Å². The number of aromatic amines is 1. The fraction of sp³-hybridized carbons (Fsp3) is 0.250. The van der Waals surface area contributed by atoms with Crippen LogP contribution in [0.15, 0.2) is 41.3 Å². The zero-order chi connectivity index (χ0) is 15.9. The quantitative estimate of drug-likeness (QED) is 0.753. The van der Waals surface area contributed by atoms with Crippen LogP contribution in [0.3, 0.4) is 0 Å². The number of anilines is 1. The van der Waals surface area contributed by atoms with E-state index >= 15 is 0 Å². The van der Waals surface area contributed by atoms with Gasteiger partial charge in [0.25, 0.3) is 5.91 Å². The zero-order valence-electron chi connectivity index (χ0n) is 12.3. The van der Waals surface area contributed by atoms with E-state index in [-0.39, 0.29) is 30.3 Å². The Labute approximate surface area is 127 Å². The minimum atomic E-state index is -0.385. The van der Waals surface area contributed by atoms with Gasteiger partial charge in [-0.3, -0.25) is 9.59 Å². The van der Waals surface area contributed by atoms with Crippen molar-refractivity contribution in [1.82, 2.24) is 4.98 Å². The third-order valence-electron chi connectivity index (χ3n) is 3.14. The number of aliphatic hydroxyl groups is 1. The molecule has 0 fully saturated rings. The Balaban J connectivity index is 1.97. The summed E-state index contributed by atoms with van der Waals surface area (Å²) in [7, 11) is 0. The molecule has 0 radical (unpaired) electrons. The van der Waals surface area contributed by atoms with Crippen molar-refractivity contribution in [2.45, 2.75) is 20.0 Å². The normalized spacial score (nSPS) is 10.3. The molecule has 22 heavy (non-hydrogen) atoms. The number of aromatic nitrogens is 1. The number of hydrogen-bond donors (Lipinski definition) is 3. The van der Waals surface area contributed by atoms with Crippen LogP contribution in [0.4, 0.5) is 5.69 Å². The van der Waals surface area contributed by atoms with Gasteiger partial charge in [-0.1, -0.05) is 25.1 Å². The summed E-state index contributed by atoms with van der Waals surface area (Å²) < 4.78 is 5.21. The molecule has 116 valence electrons. The summed E-state index contributed by atoms with van der Waals surface area (Å²) in [5, 5.41) is 11.7. The maximum atomic E-state index is 11.9. The van der Waals surface area contributed by atoms with Crippen LogP contribution in [0.5, 0.6) is 5.75 Å². The van der Waals surface area contributed by atoms with Gasteiger partial charge in [-0.15, -0.1) is 0 Å². The van der Waals surface area contributed by atoms with Crippen LogP contribution in [0.1, 0.15) is 18.2 Å². The van der Waals surface area contributed by atoms with Gasteiger partial charge < -0.3 is 20.1 Å². The fourth-order valence-corrected chi connectivity index (χ4v) is 1.98. The van der Waals surface area contributed by atoms with Crippen molar-refractivity contribution in [3.63, 3.8) is 0 Å². The van der Waals surface area contributed by atoms with E-state index in [2.05, 4.69) is 10.3 Å². The zero-order valence-corrected chi connectivity index (χ0v) is 12.3. The Morgan fingerprint density at radius 1 is 1.36 bits per heavy atom. The van der Waals surface area contributed by atoms with Crippen molar-refractivity contribution in [1.29, 1.82) is 0 Å². The molecule has 0 aliphatic heterocycles. The van der Waals surface area contributed by atoms with E-state index in [4.69, 9.17) is 9.84 Å². The van der Waals surface area contributed by atoms with Crippen LogP contribution in [-0.2, 0) is 17.8 Å². The fourth-order valence-electron chi connectivity index (χ4n) is 1.98. The van der Waals surface area contributed by atoms with Crippen molar-refractivity contribution in [2.75, 3.05) is 11.9 Å². The molecular formula is C16H18N2O4. The first-order valence-electron chi connectivity index (χ1n) is 6.97. The van der Waals surface area contributed by atoms with Crippen molar-refractivity contribution >= 4 is 11.6 Å². The number of hydrogen-bond acceptors (Lipinski definition) is 4. The number of carbonyl (C=O) groups is 1. The first kappa shape index (κ1) is 15.8. The summed E-state index contributed by atoms with van der Waals surface area (Å²) in [4.78, 5) is 26.3. The smallest absolute Gasteiger partial charge is 0.262 e. The maximum Gasteiger partial charge on any atom is 0.262 e. The van der Waals surface area contributed by atoms with Crippen molar-refractivity contribution < 1.29 is 14.6 Å². The monoisotopic (exact) mass is 302 g/mol. The molecule has 2 rings (SSSR count). The van der Waals surface area contributed by atoms with Gasteiger partial charge in [0, 0.05) is 23.6 Å². The van der Waals surface area contributed by atoms with Crippen molar-refractivity contribution in [3.8, 4) is 5.75 Å². The highest BCUT2D eigenvalue weighted by atomic mass is 16.5. The summed E-state index contributed by atoms with van der Waals surface area (Å²) in [6.45, 7) is 1.48. The van der Waals surface area contributed by atoms with Gasteiger partial charge in [-0.05, 0) is 18.1 Å². The van der Waals surface area contributed by atoms with Crippen LogP contribution < -0.4 is 15.5 Å². The summed E-state index contributed by atoms with van der Waals surface area (Å²) in [6, 6.07) is 8.75. The van der Waals surface area contributed by atoms with E-state index < -0.39 is 0 Å². The van der Waals surface area contributed by atoms with E-state index in [1.165, 1.54) is 12.3 Å². The lowest BCUT2D eigenvalue weighted by atomic mass is 10.1. The number of ether oxygens (including phenoxy) is 1. The molecule has 1 amide bonds. The highest BCUT2D eigenvalue weighted by molar-refractivity contribution is 5.92. The Hall–Kier alpha value is -2.60. The molecule has 0 bridgehead atoms. The summed E-state index contributed by atoms with van der Waals surface area (Å²) in [5.74, 6) is -0.303. The summed E-state index contributed by atoms with van der Waals surface area (Å²) in [6.07, 6.45) is 2.14. The number of aliphatic hydroxyl groups excluding tert-OH is 1. The number of carbonyl (C=O) groups excluding carboxylic acids is 1. The van der Waals surface area contributed by atoms with Gasteiger partial charge in [-0.2, -0.15) is 0 Å². The van der Waals surface area contributed by atoms with Crippen LogP contribution in [0.2, 0.25) is 0 Å². The average Bonchev–Trinajstić information content (AvgIpc) is 2.54. The number of amides is 1. The molecule has 1 aromatic carbocycles. The van der Waals surface area contributed by atoms with Crippen molar-refractivity contribution in [3.05, 3.63) is 58.0 Å². The third kappa shape index (κ3) is 3.95. The molecule has 0 saturated carbocycles. The number of pyridine rings is 1. The van der Waals surface area contributed by atoms with E-state index in [9.17, 15) is 9.59 Å².